The van der Waals surface area contributed by atoms with Crippen molar-refractivity contribution in [2.75, 3.05) is 19.6 Å². The van der Waals surface area contributed by atoms with Crippen LogP contribution in [-0.2, 0) is 6.42 Å². The van der Waals surface area contributed by atoms with Gasteiger partial charge in [0.15, 0.2) is 0 Å². The van der Waals surface area contributed by atoms with Crippen molar-refractivity contribution < 1.29 is 14.2 Å². The average molecular weight is 265 g/mol. The number of fused-ring (bicyclic) bond motifs is 1. The fourth-order valence-corrected chi connectivity index (χ4v) is 3.22. The van der Waals surface area contributed by atoms with Crippen LogP contribution in [0.1, 0.15) is 25.3 Å². The second kappa shape index (κ2) is 4.76. The third kappa shape index (κ3) is 2.60. The van der Waals surface area contributed by atoms with Gasteiger partial charge in [-0.15, -0.1) is 0 Å². The van der Waals surface area contributed by atoms with Gasteiger partial charge in [-0.2, -0.15) is 0 Å². The lowest BCUT2D eigenvalue weighted by Crippen LogP contribution is -2.63. The summed E-state index contributed by atoms with van der Waals surface area (Å²) < 4.78 is 18.9. The topological polar surface area (TPSA) is 32.7 Å². The van der Waals surface area contributed by atoms with E-state index in [9.17, 15) is 9.50 Å². The van der Waals surface area contributed by atoms with Gasteiger partial charge >= 0.3 is 0 Å². The number of halogens is 1. The zero-order chi connectivity index (χ0) is 13.5. The predicted octanol–water partition coefficient (Wildman–Crippen LogP) is 1.98. The highest BCUT2D eigenvalue weighted by Gasteiger charge is 2.41. The van der Waals surface area contributed by atoms with Gasteiger partial charge in [0.25, 0.3) is 0 Å². The molecule has 0 amide bonds. The second-order valence-electron chi connectivity index (χ2n) is 5.84. The Morgan fingerprint density at radius 1 is 1.47 bits per heavy atom. The molecule has 0 aliphatic carbocycles. The van der Waals surface area contributed by atoms with Crippen molar-refractivity contribution in [3.63, 3.8) is 0 Å². The number of likely N-dealkylation sites (tertiary alicyclic amines) is 1. The maximum absolute atomic E-state index is 13.1. The van der Waals surface area contributed by atoms with E-state index < -0.39 is 5.60 Å². The lowest BCUT2D eigenvalue weighted by atomic mass is 9.89. The van der Waals surface area contributed by atoms with Gasteiger partial charge in [-0.25, -0.2) is 4.39 Å². The van der Waals surface area contributed by atoms with E-state index in [1.165, 1.54) is 6.07 Å². The highest BCUT2D eigenvalue weighted by molar-refractivity contribution is 5.38. The number of rotatable bonds is 4. The zero-order valence-corrected chi connectivity index (χ0v) is 11.2. The molecule has 0 bridgehead atoms. The highest BCUT2D eigenvalue weighted by atomic mass is 19.1. The maximum atomic E-state index is 13.1. The largest absolute Gasteiger partial charge is 0.488 e. The lowest BCUT2D eigenvalue weighted by molar-refractivity contribution is -0.110. The van der Waals surface area contributed by atoms with Gasteiger partial charge in [0.1, 0.15) is 17.7 Å². The Kier molecular flexibility index (Phi) is 3.23. The quantitative estimate of drug-likeness (QED) is 0.903. The molecule has 0 spiro atoms. The van der Waals surface area contributed by atoms with Gasteiger partial charge < -0.3 is 9.84 Å². The standard InChI is InChI=1S/C15H20FNO2/c1-2-5-15(18)9-17(10-15)8-13-7-11-6-12(16)3-4-14(11)19-13/h3-4,6,13,18H,2,5,7-10H2,1H3. The van der Waals surface area contributed by atoms with Crippen molar-refractivity contribution in [3.05, 3.63) is 29.6 Å². The molecular formula is C15H20FNO2. The molecule has 2 aliphatic heterocycles. The molecule has 1 unspecified atom stereocenters. The molecule has 0 radical (unpaired) electrons. The van der Waals surface area contributed by atoms with Crippen LogP contribution in [-0.4, -0.2) is 41.3 Å². The first-order chi connectivity index (χ1) is 9.08. The van der Waals surface area contributed by atoms with E-state index in [0.29, 0.717) is 0 Å². The summed E-state index contributed by atoms with van der Waals surface area (Å²) in [7, 11) is 0. The number of aliphatic hydroxyl groups is 1. The maximum Gasteiger partial charge on any atom is 0.123 e. The first-order valence-corrected chi connectivity index (χ1v) is 6.98. The van der Waals surface area contributed by atoms with Crippen molar-refractivity contribution in [2.24, 2.45) is 0 Å². The van der Waals surface area contributed by atoms with E-state index in [1.807, 2.05) is 0 Å². The number of benzene rings is 1. The molecule has 3 rings (SSSR count). The summed E-state index contributed by atoms with van der Waals surface area (Å²) in [6.45, 7) is 4.35. The number of hydrogen-bond acceptors (Lipinski definition) is 3. The molecule has 1 fully saturated rings. The molecule has 1 aromatic rings. The molecule has 19 heavy (non-hydrogen) atoms. The molecular weight excluding hydrogens is 245 g/mol. The van der Waals surface area contributed by atoms with Crippen molar-refractivity contribution >= 4 is 0 Å². The molecule has 1 aromatic carbocycles. The summed E-state index contributed by atoms with van der Waals surface area (Å²) in [6.07, 6.45) is 2.72. The number of β-amino-alcohol motifs (C(OH)–C–C–N with tert-alkyl or cyclic N) is 1. The smallest absolute Gasteiger partial charge is 0.123 e. The fraction of sp³-hybridized carbons (Fsp3) is 0.600. The van der Waals surface area contributed by atoms with E-state index in [1.54, 1.807) is 12.1 Å². The third-order valence-electron chi connectivity index (χ3n) is 3.98. The number of hydrogen-bond donors (Lipinski definition) is 1. The van der Waals surface area contributed by atoms with Gasteiger partial charge in [0.2, 0.25) is 0 Å². The van der Waals surface area contributed by atoms with Crippen LogP contribution >= 0.6 is 0 Å². The van der Waals surface area contributed by atoms with Gasteiger partial charge in [-0.1, -0.05) is 13.3 Å². The Morgan fingerprint density at radius 2 is 2.26 bits per heavy atom. The number of nitrogens with zero attached hydrogens (tertiary/aromatic N) is 1. The van der Waals surface area contributed by atoms with Crippen LogP contribution in [0, 0.1) is 5.82 Å². The summed E-state index contributed by atoms with van der Waals surface area (Å²) >= 11 is 0. The van der Waals surface area contributed by atoms with Crippen LogP contribution in [0.25, 0.3) is 0 Å². The SMILES string of the molecule is CCCC1(O)CN(CC2Cc3cc(F)ccc3O2)C1. The minimum atomic E-state index is -0.494. The highest BCUT2D eigenvalue weighted by Crippen LogP contribution is 2.32. The Labute approximate surface area is 113 Å². The van der Waals surface area contributed by atoms with E-state index in [2.05, 4.69) is 11.8 Å². The number of ether oxygens (including phenoxy) is 1. The second-order valence-corrected chi connectivity index (χ2v) is 5.84. The van der Waals surface area contributed by atoms with Crippen molar-refractivity contribution in [1.82, 2.24) is 4.90 Å². The van der Waals surface area contributed by atoms with Gasteiger partial charge in [-0.3, -0.25) is 4.90 Å². The van der Waals surface area contributed by atoms with E-state index in [0.717, 1.165) is 50.2 Å². The van der Waals surface area contributed by atoms with Crippen LogP contribution in [0.15, 0.2) is 18.2 Å². The van der Waals surface area contributed by atoms with Crippen LogP contribution < -0.4 is 4.74 Å². The fourth-order valence-electron chi connectivity index (χ4n) is 3.22. The van der Waals surface area contributed by atoms with Crippen LogP contribution in [0.2, 0.25) is 0 Å². The normalized spacial score (nSPS) is 24.7. The van der Waals surface area contributed by atoms with Crippen molar-refractivity contribution in [2.45, 2.75) is 37.9 Å². The van der Waals surface area contributed by atoms with Crippen LogP contribution in [0.5, 0.6) is 5.75 Å². The van der Waals surface area contributed by atoms with E-state index >= 15 is 0 Å². The average Bonchev–Trinajstić information content (AvgIpc) is 2.68. The Morgan fingerprint density at radius 3 is 3.00 bits per heavy atom. The van der Waals surface area contributed by atoms with E-state index in [4.69, 9.17) is 4.74 Å². The summed E-state index contributed by atoms with van der Waals surface area (Å²) in [4.78, 5) is 2.21. The zero-order valence-electron chi connectivity index (χ0n) is 11.2. The minimum absolute atomic E-state index is 0.0861. The molecule has 0 saturated carbocycles. The Balaban J connectivity index is 1.52. The molecule has 3 nitrogen and oxygen atoms in total. The molecule has 1 saturated heterocycles. The molecule has 0 aromatic heterocycles. The first-order valence-electron chi connectivity index (χ1n) is 6.98. The van der Waals surface area contributed by atoms with E-state index in [-0.39, 0.29) is 11.9 Å². The first kappa shape index (κ1) is 12.9. The predicted molar refractivity (Wildman–Crippen MR) is 70.8 cm³/mol. The molecule has 104 valence electrons. The van der Waals surface area contributed by atoms with Gasteiger partial charge in [0.05, 0.1) is 5.60 Å². The summed E-state index contributed by atoms with van der Waals surface area (Å²) in [5.74, 6) is 0.597. The molecule has 4 heteroatoms. The van der Waals surface area contributed by atoms with Crippen LogP contribution in [0.4, 0.5) is 4.39 Å². The van der Waals surface area contributed by atoms with Crippen LogP contribution in [0.3, 0.4) is 0 Å². The van der Waals surface area contributed by atoms with Crippen molar-refractivity contribution in [1.29, 1.82) is 0 Å². The lowest BCUT2D eigenvalue weighted by Gasteiger charge is -2.47. The summed E-state index contributed by atoms with van der Waals surface area (Å²) in [5, 5.41) is 10.1. The third-order valence-corrected chi connectivity index (χ3v) is 3.98. The summed E-state index contributed by atoms with van der Waals surface area (Å²) in [5.41, 5.74) is 0.459. The molecule has 1 atom stereocenters. The Bertz CT molecular complexity index is 471. The molecule has 1 N–H and O–H groups in total. The van der Waals surface area contributed by atoms with Crippen molar-refractivity contribution in [3.8, 4) is 5.75 Å². The monoisotopic (exact) mass is 265 g/mol. The minimum Gasteiger partial charge on any atom is -0.488 e. The van der Waals surface area contributed by atoms with Gasteiger partial charge in [-0.05, 0) is 24.6 Å². The molecule has 2 heterocycles. The van der Waals surface area contributed by atoms with Gasteiger partial charge in [0, 0.05) is 31.6 Å². The Hall–Kier alpha value is -1.13. The summed E-state index contributed by atoms with van der Waals surface area (Å²) in [6, 6.07) is 4.69. The molecule has 2 aliphatic rings.